The van der Waals surface area contributed by atoms with Gasteiger partial charge in [-0.1, -0.05) is 36.4 Å². The number of hydrogen-bond acceptors (Lipinski definition) is 2. The van der Waals surface area contributed by atoms with E-state index in [0.29, 0.717) is 0 Å². The fraction of sp³-hybridized carbons (Fsp3) is 0.200. The number of nitrogens with one attached hydrogen (secondary N) is 1. The molecule has 2 rings (SSSR count). The molecule has 0 saturated carbocycles. The van der Waals surface area contributed by atoms with Gasteiger partial charge < -0.3 is 11.1 Å². The van der Waals surface area contributed by atoms with Gasteiger partial charge in [-0.05, 0) is 35.7 Å². The van der Waals surface area contributed by atoms with Crippen molar-refractivity contribution in [3.05, 3.63) is 65.2 Å². The normalized spacial score (nSPS) is 12.2. The molecule has 1 unspecified atom stereocenters. The van der Waals surface area contributed by atoms with Gasteiger partial charge in [-0.3, -0.25) is 0 Å². The molecule has 2 nitrogen and oxygen atoms in total. The van der Waals surface area contributed by atoms with Crippen LogP contribution in [-0.2, 0) is 0 Å². The topological polar surface area (TPSA) is 38.0 Å². The zero-order chi connectivity index (χ0) is 12.3. The second-order valence-corrected chi connectivity index (χ2v) is 4.21. The number of benzene rings is 2. The number of hydrogen-bond donors (Lipinski definition) is 2. The molecule has 0 aromatic heterocycles. The van der Waals surface area contributed by atoms with Crippen LogP contribution in [-0.4, -0.2) is 7.05 Å². The van der Waals surface area contributed by atoms with Gasteiger partial charge in [0.15, 0.2) is 0 Å². The molecule has 2 heteroatoms. The van der Waals surface area contributed by atoms with E-state index in [4.69, 9.17) is 5.73 Å². The highest BCUT2D eigenvalue weighted by Crippen LogP contribution is 2.23. The summed E-state index contributed by atoms with van der Waals surface area (Å²) in [5.74, 6) is 0. The lowest BCUT2D eigenvalue weighted by Gasteiger charge is -2.15. The van der Waals surface area contributed by atoms with Crippen LogP contribution in [0.5, 0.6) is 0 Å². The number of anilines is 1. The van der Waals surface area contributed by atoms with E-state index in [-0.39, 0.29) is 6.04 Å². The molecule has 0 amide bonds. The van der Waals surface area contributed by atoms with E-state index in [9.17, 15) is 0 Å². The van der Waals surface area contributed by atoms with Gasteiger partial charge in [0.2, 0.25) is 0 Å². The van der Waals surface area contributed by atoms with E-state index in [2.05, 4.69) is 36.5 Å². The standard InChI is InChI=1S/C15H18N2/c1-11-5-3-4-6-14(11)15(16)12-7-9-13(17-2)10-8-12/h3-10,15,17H,16H2,1-2H3. The lowest BCUT2D eigenvalue weighted by molar-refractivity contribution is 0.862. The maximum Gasteiger partial charge on any atom is 0.0554 e. The average Bonchev–Trinajstić information content (AvgIpc) is 2.39. The summed E-state index contributed by atoms with van der Waals surface area (Å²) in [6, 6.07) is 16.4. The van der Waals surface area contributed by atoms with Crippen LogP contribution in [0.2, 0.25) is 0 Å². The second-order valence-electron chi connectivity index (χ2n) is 4.21. The van der Waals surface area contributed by atoms with Gasteiger partial charge >= 0.3 is 0 Å². The molecule has 0 bridgehead atoms. The van der Waals surface area contributed by atoms with Crippen molar-refractivity contribution in [1.82, 2.24) is 0 Å². The van der Waals surface area contributed by atoms with Crippen molar-refractivity contribution in [2.45, 2.75) is 13.0 Å². The van der Waals surface area contributed by atoms with Gasteiger partial charge in [0.25, 0.3) is 0 Å². The summed E-state index contributed by atoms with van der Waals surface area (Å²) in [5.41, 5.74) is 10.9. The minimum absolute atomic E-state index is 0.0536. The quantitative estimate of drug-likeness (QED) is 0.844. The summed E-state index contributed by atoms with van der Waals surface area (Å²) in [6.45, 7) is 2.09. The Bertz CT molecular complexity index is 489. The second kappa shape index (κ2) is 5.02. The predicted octanol–water partition coefficient (Wildman–Crippen LogP) is 3.08. The molecule has 2 aromatic carbocycles. The Balaban J connectivity index is 2.30. The Hall–Kier alpha value is -1.80. The molecule has 0 spiro atoms. The molecule has 17 heavy (non-hydrogen) atoms. The molecule has 0 fully saturated rings. The van der Waals surface area contributed by atoms with Gasteiger partial charge in [-0.2, -0.15) is 0 Å². The maximum absolute atomic E-state index is 6.29. The molecule has 0 aliphatic rings. The fourth-order valence-corrected chi connectivity index (χ4v) is 1.97. The van der Waals surface area contributed by atoms with Gasteiger partial charge in [0.05, 0.1) is 6.04 Å². The molecule has 0 aliphatic carbocycles. The van der Waals surface area contributed by atoms with E-state index < -0.39 is 0 Å². The highest BCUT2D eigenvalue weighted by atomic mass is 14.8. The Morgan fingerprint density at radius 2 is 1.65 bits per heavy atom. The Morgan fingerprint density at radius 3 is 2.24 bits per heavy atom. The molecule has 0 aliphatic heterocycles. The first kappa shape index (κ1) is 11.7. The van der Waals surface area contributed by atoms with Crippen molar-refractivity contribution in [2.24, 2.45) is 5.73 Å². The lowest BCUT2D eigenvalue weighted by atomic mass is 9.96. The Morgan fingerprint density at radius 1 is 1.00 bits per heavy atom. The Kier molecular flexibility index (Phi) is 3.45. The summed E-state index contributed by atoms with van der Waals surface area (Å²) in [4.78, 5) is 0. The SMILES string of the molecule is CNc1ccc(C(N)c2ccccc2C)cc1. The molecule has 0 radical (unpaired) electrons. The number of nitrogens with two attached hydrogens (primary N) is 1. The van der Waals surface area contributed by atoms with Crippen molar-refractivity contribution < 1.29 is 0 Å². The summed E-state index contributed by atoms with van der Waals surface area (Å²) in [6.07, 6.45) is 0. The highest BCUT2D eigenvalue weighted by Gasteiger charge is 2.10. The molecule has 2 aromatic rings. The van der Waals surface area contributed by atoms with E-state index in [0.717, 1.165) is 11.3 Å². The van der Waals surface area contributed by atoms with E-state index in [1.165, 1.54) is 11.1 Å². The zero-order valence-corrected chi connectivity index (χ0v) is 10.3. The van der Waals surface area contributed by atoms with Crippen molar-refractivity contribution in [2.75, 3.05) is 12.4 Å². The van der Waals surface area contributed by atoms with Crippen LogP contribution < -0.4 is 11.1 Å². The van der Waals surface area contributed by atoms with Crippen molar-refractivity contribution in [1.29, 1.82) is 0 Å². The predicted molar refractivity (Wildman–Crippen MR) is 73.2 cm³/mol. The summed E-state index contributed by atoms with van der Waals surface area (Å²) in [7, 11) is 1.91. The first-order chi connectivity index (χ1) is 8.22. The third-order valence-corrected chi connectivity index (χ3v) is 3.08. The van der Waals surface area contributed by atoms with Crippen LogP contribution in [0.3, 0.4) is 0 Å². The van der Waals surface area contributed by atoms with Crippen LogP contribution in [0.4, 0.5) is 5.69 Å². The summed E-state index contributed by atoms with van der Waals surface area (Å²) in [5, 5.41) is 3.10. The minimum atomic E-state index is -0.0536. The minimum Gasteiger partial charge on any atom is -0.388 e. The molecular weight excluding hydrogens is 208 g/mol. The third kappa shape index (κ3) is 2.48. The van der Waals surface area contributed by atoms with Gasteiger partial charge in [-0.15, -0.1) is 0 Å². The van der Waals surface area contributed by atoms with Crippen LogP contribution in [0.1, 0.15) is 22.7 Å². The molecule has 0 saturated heterocycles. The number of rotatable bonds is 3. The molecule has 88 valence electrons. The van der Waals surface area contributed by atoms with Gasteiger partial charge in [0.1, 0.15) is 0 Å². The highest BCUT2D eigenvalue weighted by molar-refractivity contribution is 5.46. The van der Waals surface area contributed by atoms with E-state index >= 15 is 0 Å². The monoisotopic (exact) mass is 226 g/mol. The van der Waals surface area contributed by atoms with Gasteiger partial charge in [0, 0.05) is 12.7 Å². The van der Waals surface area contributed by atoms with E-state index in [1.54, 1.807) is 0 Å². The fourth-order valence-electron chi connectivity index (χ4n) is 1.97. The van der Waals surface area contributed by atoms with Crippen molar-refractivity contribution in [3.8, 4) is 0 Å². The van der Waals surface area contributed by atoms with Gasteiger partial charge in [-0.25, -0.2) is 0 Å². The zero-order valence-electron chi connectivity index (χ0n) is 10.3. The van der Waals surface area contributed by atoms with Crippen LogP contribution >= 0.6 is 0 Å². The average molecular weight is 226 g/mol. The van der Waals surface area contributed by atoms with Crippen molar-refractivity contribution in [3.63, 3.8) is 0 Å². The van der Waals surface area contributed by atoms with Crippen LogP contribution in [0.25, 0.3) is 0 Å². The summed E-state index contributed by atoms with van der Waals surface area (Å²) >= 11 is 0. The first-order valence-electron chi connectivity index (χ1n) is 5.81. The van der Waals surface area contributed by atoms with Crippen molar-refractivity contribution >= 4 is 5.69 Å². The summed E-state index contributed by atoms with van der Waals surface area (Å²) < 4.78 is 0. The molecular formula is C15H18N2. The maximum atomic E-state index is 6.29. The molecule has 1 atom stereocenters. The largest absolute Gasteiger partial charge is 0.388 e. The smallest absolute Gasteiger partial charge is 0.0554 e. The van der Waals surface area contributed by atoms with E-state index in [1.807, 2.05) is 31.3 Å². The first-order valence-corrected chi connectivity index (χ1v) is 5.81. The van der Waals surface area contributed by atoms with Crippen LogP contribution in [0.15, 0.2) is 48.5 Å². The lowest BCUT2D eigenvalue weighted by Crippen LogP contribution is -2.13. The number of aryl methyl sites for hydroxylation is 1. The van der Waals surface area contributed by atoms with Crippen LogP contribution in [0, 0.1) is 6.92 Å². The molecule has 0 heterocycles. The third-order valence-electron chi connectivity index (χ3n) is 3.08. The Labute approximate surface area is 102 Å². The molecule has 3 N–H and O–H groups in total.